The molecule has 0 unspecified atom stereocenters. The molecule has 13 heavy (non-hydrogen) atoms. The molecule has 0 spiro atoms. The first-order valence-corrected chi connectivity index (χ1v) is 4.28. The zero-order valence-electron chi connectivity index (χ0n) is 8.03. The molecule has 0 saturated heterocycles. The molecule has 2 aromatic rings. The molecule has 0 N–H and O–H groups in total. The topological polar surface area (TPSA) is 25.9 Å². The van der Waals surface area contributed by atoms with E-state index in [1.54, 1.807) is 10.6 Å². The minimum atomic E-state index is 0.0318. The molecule has 0 aromatic carbocycles. The summed E-state index contributed by atoms with van der Waals surface area (Å²) in [5, 5.41) is 0. The minimum absolute atomic E-state index is 0.0318. The SMILES string of the molecule is Cc1cc(C)n2c(C)cc(=O)n2c1. The average molecular weight is 176 g/mol. The number of rotatable bonds is 0. The van der Waals surface area contributed by atoms with Gasteiger partial charge >= 0.3 is 0 Å². The molecule has 3 nitrogen and oxygen atoms in total. The van der Waals surface area contributed by atoms with E-state index in [1.165, 1.54) is 0 Å². The van der Waals surface area contributed by atoms with E-state index in [-0.39, 0.29) is 5.56 Å². The number of aryl methyl sites for hydroxylation is 3. The number of fused-ring (bicyclic) bond motifs is 1. The quantitative estimate of drug-likeness (QED) is 0.594. The van der Waals surface area contributed by atoms with E-state index in [2.05, 4.69) is 6.07 Å². The summed E-state index contributed by atoms with van der Waals surface area (Å²) in [7, 11) is 0. The average Bonchev–Trinajstić information content (AvgIpc) is 2.27. The Kier molecular flexibility index (Phi) is 1.55. The summed E-state index contributed by atoms with van der Waals surface area (Å²) in [5.41, 5.74) is 3.19. The van der Waals surface area contributed by atoms with Crippen molar-refractivity contribution in [3.05, 3.63) is 45.6 Å². The van der Waals surface area contributed by atoms with Crippen LogP contribution in [0.1, 0.15) is 17.0 Å². The van der Waals surface area contributed by atoms with Crippen LogP contribution in [0.2, 0.25) is 0 Å². The fourth-order valence-corrected chi connectivity index (χ4v) is 1.76. The van der Waals surface area contributed by atoms with Gasteiger partial charge in [-0.25, -0.2) is 4.52 Å². The first-order chi connectivity index (χ1) is 6.09. The zero-order valence-corrected chi connectivity index (χ0v) is 8.03. The van der Waals surface area contributed by atoms with Crippen molar-refractivity contribution in [3.63, 3.8) is 0 Å². The Morgan fingerprint density at radius 2 is 1.69 bits per heavy atom. The number of hydrogen-bond acceptors (Lipinski definition) is 1. The second-order valence-corrected chi connectivity index (χ2v) is 3.44. The lowest BCUT2D eigenvalue weighted by molar-refractivity contribution is 0.741. The fraction of sp³-hybridized carbons (Fsp3) is 0.300. The molecule has 0 fully saturated rings. The Hall–Kier alpha value is -1.51. The molecule has 0 radical (unpaired) electrons. The molecule has 2 aromatic heterocycles. The van der Waals surface area contributed by atoms with Crippen molar-refractivity contribution < 1.29 is 0 Å². The molecule has 2 heterocycles. The largest absolute Gasteiger partial charge is 0.271 e. The predicted molar refractivity (Wildman–Crippen MR) is 51.3 cm³/mol. The fourth-order valence-electron chi connectivity index (χ4n) is 1.76. The molecule has 0 saturated carbocycles. The highest BCUT2D eigenvalue weighted by atomic mass is 16.1. The van der Waals surface area contributed by atoms with E-state index in [9.17, 15) is 4.79 Å². The monoisotopic (exact) mass is 176 g/mol. The van der Waals surface area contributed by atoms with Crippen molar-refractivity contribution in [2.75, 3.05) is 0 Å². The molecule has 0 amide bonds. The molecule has 0 bridgehead atoms. The maximum atomic E-state index is 11.4. The highest BCUT2D eigenvalue weighted by Crippen LogP contribution is 2.04. The van der Waals surface area contributed by atoms with Crippen LogP contribution in [0, 0.1) is 20.8 Å². The van der Waals surface area contributed by atoms with Gasteiger partial charge in [0.25, 0.3) is 5.56 Å². The van der Waals surface area contributed by atoms with E-state index in [4.69, 9.17) is 0 Å². The third-order valence-corrected chi connectivity index (χ3v) is 2.20. The van der Waals surface area contributed by atoms with E-state index >= 15 is 0 Å². The first-order valence-electron chi connectivity index (χ1n) is 4.28. The first kappa shape index (κ1) is 8.10. The van der Waals surface area contributed by atoms with Crippen LogP contribution < -0.4 is 5.56 Å². The van der Waals surface area contributed by atoms with Crippen LogP contribution in [0.25, 0.3) is 0 Å². The van der Waals surface area contributed by atoms with Crippen molar-refractivity contribution >= 4 is 0 Å². The normalized spacial score (nSPS) is 11.0. The second-order valence-electron chi connectivity index (χ2n) is 3.44. The maximum absolute atomic E-state index is 11.4. The molecular formula is C10H12N2O. The highest BCUT2D eigenvalue weighted by molar-refractivity contribution is 5.16. The minimum Gasteiger partial charge on any atom is -0.267 e. The number of nitrogens with zero attached hydrogens (tertiary/aromatic N) is 2. The summed E-state index contributed by atoms with van der Waals surface area (Å²) in [6.45, 7) is 5.92. The van der Waals surface area contributed by atoms with Crippen molar-refractivity contribution in [3.8, 4) is 0 Å². The van der Waals surface area contributed by atoms with Gasteiger partial charge in [-0.2, -0.15) is 0 Å². The van der Waals surface area contributed by atoms with Crippen LogP contribution in [-0.2, 0) is 0 Å². The zero-order chi connectivity index (χ0) is 9.59. The Morgan fingerprint density at radius 3 is 2.38 bits per heavy atom. The van der Waals surface area contributed by atoms with Gasteiger partial charge in [-0.3, -0.25) is 9.31 Å². The van der Waals surface area contributed by atoms with Gasteiger partial charge in [0, 0.05) is 23.7 Å². The molecular weight excluding hydrogens is 164 g/mol. The molecule has 68 valence electrons. The summed E-state index contributed by atoms with van der Waals surface area (Å²) in [4.78, 5) is 11.4. The highest BCUT2D eigenvalue weighted by Gasteiger charge is 2.03. The van der Waals surface area contributed by atoms with Gasteiger partial charge in [-0.05, 0) is 32.4 Å². The van der Waals surface area contributed by atoms with E-state index in [0.29, 0.717) is 0 Å². The van der Waals surface area contributed by atoms with Gasteiger partial charge < -0.3 is 0 Å². The Morgan fingerprint density at radius 1 is 1.08 bits per heavy atom. The van der Waals surface area contributed by atoms with E-state index in [1.807, 2.05) is 31.5 Å². The standard InChI is InChI=1S/C10H12N2O/c1-7-4-8(2)12-9(3)5-10(13)11(12)6-7/h4-6H,1-3H3. The summed E-state index contributed by atoms with van der Waals surface area (Å²) in [6.07, 6.45) is 1.85. The van der Waals surface area contributed by atoms with Gasteiger partial charge in [-0.15, -0.1) is 0 Å². The molecule has 0 aliphatic heterocycles. The molecule has 0 aliphatic carbocycles. The smallest absolute Gasteiger partial charge is 0.267 e. The van der Waals surface area contributed by atoms with Crippen LogP contribution in [-0.4, -0.2) is 9.03 Å². The van der Waals surface area contributed by atoms with Crippen molar-refractivity contribution in [1.82, 2.24) is 9.03 Å². The van der Waals surface area contributed by atoms with Gasteiger partial charge in [0.2, 0.25) is 0 Å². The molecule has 0 atom stereocenters. The van der Waals surface area contributed by atoms with Crippen molar-refractivity contribution in [2.24, 2.45) is 0 Å². The summed E-state index contributed by atoms with van der Waals surface area (Å²) >= 11 is 0. The Bertz CT molecular complexity index is 519. The third-order valence-electron chi connectivity index (χ3n) is 2.20. The molecule has 3 heteroatoms. The van der Waals surface area contributed by atoms with Gasteiger partial charge in [0.05, 0.1) is 0 Å². The lowest BCUT2D eigenvalue weighted by atomic mass is 10.3. The van der Waals surface area contributed by atoms with Gasteiger partial charge in [0.15, 0.2) is 0 Å². The lowest BCUT2D eigenvalue weighted by Crippen LogP contribution is -2.12. The third kappa shape index (κ3) is 1.08. The number of aromatic nitrogens is 2. The van der Waals surface area contributed by atoms with E-state index < -0.39 is 0 Å². The molecule has 0 aliphatic rings. The predicted octanol–water partition coefficient (Wildman–Crippen LogP) is 1.32. The van der Waals surface area contributed by atoms with Gasteiger partial charge in [0.1, 0.15) is 0 Å². The van der Waals surface area contributed by atoms with E-state index in [0.717, 1.165) is 17.0 Å². The van der Waals surface area contributed by atoms with Crippen LogP contribution >= 0.6 is 0 Å². The summed E-state index contributed by atoms with van der Waals surface area (Å²) < 4.78 is 3.55. The lowest BCUT2D eigenvalue weighted by Gasteiger charge is -2.05. The van der Waals surface area contributed by atoms with Crippen LogP contribution in [0.15, 0.2) is 23.1 Å². The Labute approximate surface area is 76.2 Å². The van der Waals surface area contributed by atoms with Crippen LogP contribution in [0.4, 0.5) is 0 Å². The van der Waals surface area contributed by atoms with Crippen LogP contribution in [0.5, 0.6) is 0 Å². The number of hydrogen-bond donors (Lipinski definition) is 0. The summed E-state index contributed by atoms with van der Waals surface area (Å²) in [6, 6.07) is 3.71. The van der Waals surface area contributed by atoms with Crippen molar-refractivity contribution in [2.45, 2.75) is 20.8 Å². The van der Waals surface area contributed by atoms with Gasteiger partial charge in [-0.1, -0.05) is 0 Å². The summed E-state index contributed by atoms with van der Waals surface area (Å²) in [5.74, 6) is 0. The maximum Gasteiger partial charge on any atom is 0.271 e. The van der Waals surface area contributed by atoms with Crippen LogP contribution in [0.3, 0.4) is 0 Å². The Balaban J connectivity index is 3.06. The second kappa shape index (κ2) is 2.49. The van der Waals surface area contributed by atoms with Crippen molar-refractivity contribution in [1.29, 1.82) is 0 Å². The molecule has 2 rings (SSSR count).